The van der Waals surface area contributed by atoms with Crippen LogP contribution in [0.1, 0.15) is 83.6 Å². The maximum Gasteiger partial charge on any atom is 0.110 e. The first-order valence-electron chi connectivity index (χ1n) is 12.8. The second kappa shape index (κ2) is 8.32. The molecule has 0 amide bonds. The quantitative estimate of drug-likeness (QED) is 0.431. The van der Waals surface area contributed by atoms with Crippen LogP contribution in [0, 0.1) is 23.2 Å². The van der Waals surface area contributed by atoms with E-state index >= 15 is 0 Å². The topological polar surface area (TPSA) is 58.3 Å². The summed E-state index contributed by atoms with van der Waals surface area (Å²) in [5, 5.41) is 15.3. The van der Waals surface area contributed by atoms with E-state index in [1.54, 1.807) is 5.57 Å². The highest BCUT2D eigenvalue weighted by Crippen LogP contribution is 2.68. The molecule has 4 bridgehead atoms. The zero-order chi connectivity index (χ0) is 21.6. The number of allylic oxidation sites excluding steroid dienone is 2. The van der Waals surface area contributed by atoms with Crippen LogP contribution < -0.4 is 11.1 Å². The van der Waals surface area contributed by atoms with Crippen molar-refractivity contribution in [3.8, 4) is 0 Å². The third-order valence-corrected chi connectivity index (χ3v) is 9.17. The molecule has 170 valence electrons. The van der Waals surface area contributed by atoms with E-state index in [1.807, 2.05) is 0 Å². The van der Waals surface area contributed by atoms with Crippen LogP contribution in [0.2, 0.25) is 0 Å². The van der Waals surface area contributed by atoms with Crippen molar-refractivity contribution in [2.45, 2.75) is 102 Å². The second-order valence-corrected chi connectivity index (χ2v) is 11.9. The van der Waals surface area contributed by atoms with Gasteiger partial charge in [-0.3, -0.25) is 5.32 Å². The SMILES string of the molecule is CC(C)CC=C1C2CC3(c4ccccc4)CC1CC(C(O)N[C@H]1CC[C@H](N)CC1)(C2)C3. The van der Waals surface area contributed by atoms with E-state index in [0.29, 0.717) is 29.8 Å². The summed E-state index contributed by atoms with van der Waals surface area (Å²) in [6.07, 6.45) is 13.7. The normalized spacial score (nSPS) is 40.4. The molecule has 0 radical (unpaired) electrons. The minimum absolute atomic E-state index is 0.0103. The van der Waals surface area contributed by atoms with Crippen molar-refractivity contribution in [2.24, 2.45) is 28.9 Å². The lowest BCUT2D eigenvalue weighted by molar-refractivity contribution is -0.125. The van der Waals surface area contributed by atoms with Crippen LogP contribution in [0.25, 0.3) is 0 Å². The first kappa shape index (κ1) is 21.7. The fraction of sp³-hybridized carbons (Fsp3) is 0.714. The van der Waals surface area contributed by atoms with Crippen LogP contribution in [-0.2, 0) is 5.41 Å². The van der Waals surface area contributed by atoms with Crippen molar-refractivity contribution < 1.29 is 5.11 Å². The first-order chi connectivity index (χ1) is 14.9. The molecule has 1 aromatic rings. The molecule has 0 heterocycles. The number of hydrogen-bond acceptors (Lipinski definition) is 3. The van der Waals surface area contributed by atoms with Crippen LogP contribution in [0.5, 0.6) is 0 Å². The molecule has 0 aliphatic heterocycles. The van der Waals surface area contributed by atoms with Gasteiger partial charge in [-0.1, -0.05) is 55.8 Å². The molecule has 0 spiro atoms. The van der Waals surface area contributed by atoms with Gasteiger partial charge in [0.25, 0.3) is 0 Å². The Hall–Kier alpha value is -1.16. The van der Waals surface area contributed by atoms with E-state index in [9.17, 15) is 5.11 Å². The van der Waals surface area contributed by atoms with Gasteiger partial charge in [-0.25, -0.2) is 0 Å². The summed E-state index contributed by atoms with van der Waals surface area (Å²) in [5.41, 5.74) is 9.61. The van der Waals surface area contributed by atoms with E-state index in [0.717, 1.165) is 44.9 Å². The van der Waals surface area contributed by atoms with E-state index in [2.05, 4.69) is 55.6 Å². The number of aliphatic hydroxyl groups excluding tert-OH is 1. The van der Waals surface area contributed by atoms with Crippen molar-refractivity contribution in [1.29, 1.82) is 0 Å². The van der Waals surface area contributed by atoms with E-state index in [4.69, 9.17) is 5.73 Å². The Bertz CT molecular complexity index is 774. The Morgan fingerprint density at radius 3 is 2.29 bits per heavy atom. The monoisotopic (exact) mass is 422 g/mol. The Balaban J connectivity index is 1.43. The Labute approximate surface area is 188 Å². The molecule has 5 saturated carbocycles. The number of hydrogen-bond donors (Lipinski definition) is 3. The van der Waals surface area contributed by atoms with Crippen LogP contribution in [-0.4, -0.2) is 23.4 Å². The minimum atomic E-state index is -0.396. The van der Waals surface area contributed by atoms with E-state index in [-0.39, 0.29) is 10.8 Å². The van der Waals surface area contributed by atoms with Gasteiger partial charge in [0.15, 0.2) is 0 Å². The van der Waals surface area contributed by atoms with Gasteiger partial charge in [0.1, 0.15) is 6.23 Å². The molecule has 3 unspecified atom stereocenters. The average molecular weight is 423 g/mol. The zero-order valence-electron chi connectivity index (χ0n) is 19.5. The van der Waals surface area contributed by atoms with Crippen molar-refractivity contribution in [3.05, 3.63) is 47.5 Å². The second-order valence-electron chi connectivity index (χ2n) is 11.9. The summed E-state index contributed by atoms with van der Waals surface area (Å²) in [5.74, 6) is 1.99. The number of rotatable bonds is 6. The van der Waals surface area contributed by atoms with Crippen LogP contribution in [0.15, 0.2) is 42.0 Å². The lowest BCUT2D eigenvalue weighted by atomic mass is 9.41. The predicted molar refractivity (Wildman–Crippen MR) is 128 cm³/mol. The molecule has 1 aromatic carbocycles. The van der Waals surface area contributed by atoms with Gasteiger partial charge >= 0.3 is 0 Å². The summed E-state index contributed by atoms with van der Waals surface area (Å²) < 4.78 is 0. The average Bonchev–Trinajstić information content (AvgIpc) is 2.75. The highest BCUT2D eigenvalue weighted by Gasteiger charge is 2.62. The van der Waals surface area contributed by atoms with E-state index in [1.165, 1.54) is 24.8 Å². The number of aliphatic hydroxyl groups is 1. The molecular weight excluding hydrogens is 380 g/mol. The Morgan fingerprint density at radius 2 is 1.68 bits per heavy atom. The molecular formula is C28H42N2O. The molecule has 6 rings (SSSR count). The fourth-order valence-electron chi connectivity index (χ4n) is 7.84. The molecule has 0 aromatic heterocycles. The summed E-state index contributed by atoms with van der Waals surface area (Å²) >= 11 is 0. The summed E-state index contributed by atoms with van der Waals surface area (Å²) in [4.78, 5) is 0. The van der Waals surface area contributed by atoms with Gasteiger partial charge in [0.05, 0.1) is 0 Å². The van der Waals surface area contributed by atoms with Crippen molar-refractivity contribution in [3.63, 3.8) is 0 Å². The highest BCUT2D eigenvalue weighted by molar-refractivity contribution is 5.36. The number of nitrogens with one attached hydrogen (secondary N) is 1. The molecule has 5 aliphatic carbocycles. The lowest BCUT2D eigenvalue weighted by Gasteiger charge is -2.64. The van der Waals surface area contributed by atoms with Crippen LogP contribution in [0.4, 0.5) is 0 Å². The standard InChI is InChI=1S/C28H42N2O/c1-19(2)8-13-25-20-14-27(22-6-4-3-5-7-22)15-21(25)17-28(16-20,18-27)26(31)30-24-11-9-23(29)10-12-24/h3-7,13,19-21,23-24,26,30-31H,8-12,14-18,29H2,1-2H3/t20?,21?,23-,24-,26?,27?,28?. The predicted octanol–water partition coefficient (Wildman–Crippen LogP) is 5.28. The smallest absolute Gasteiger partial charge is 0.110 e. The maximum atomic E-state index is 11.6. The third-order valence-electron chi connectivity index (χ3n) is 9.17. The van der Waals surface area contributed by atoms with Gasteiger partial charge in [-0.05, 0) is 92.9 Å². The minimum Gasteiger partial charge on any atom is -0.378 e. The number of nitrogens with two attached hydrogens (primary N) is 1. The van der Waals surface area contributed by atoms with Crippen molar-refractivity contribution in [2.75, 3.05) is 0 Å². The van der Waals surface area contributed by atoms with Crippen LogP contribution >= 0.6 is 0 Å². The Kier molecular flexibility index (Phi) is 5.82. The molecule has 0 saturated heterocycles. The van der Waals surface area contributed by atoms with Crippen LogP contribution in [0.3, 0.4) is 0 Å². The molecule has 3 heteroatoms. The maximum absolute atomic E-state index is 11.6. The van der Waals surface area contributed by atoms with Gasteiger partial charge < -0.3 is 10.8 Å². The fourth-order valence-corrected chi connectivity index (χ4v) is 7.84. The Morgan fingerprint density at radius 1 is 1.03 bits per heavy atom. The number of benzene rings is 1. The molecule has 3 nitrogen and oxygen atoms in total. The molecule has 31 heavy (non-hydrogen) atoms. The molecule has 3 atom stereocenters. The largest absolute Gasteiger partial charge is 0.378 e. The van der Waals surface area contributed by atoms with Gasteiger partial charge in [0.2, 0.25) is 0 Å². The molecule has 4 N–H and O–H groups in total. The molecule has 5 fully saturated rings. The first-order valence-corrected chi connectivity index (χ1v) is 12.8. The van der Waals surface area contributed by atoms with E-state index < -0.39 is 6.23 Å². The summed E-state index contributed by atoms with van der Waals surface area (Å²) in [7, 11) is 0. The molecule has 5 aliphatic rings. The summed E-state index contributed by atoms with van der Waals surface area (Å²) in [6, 6.07) is 12.0. The van der Waals surface area contributed by atoms with Gasteiger partial charge in [-0.2, -0.15) is 0 Å². The third kappa shape index (κ3) is 4.03. The summed E-state index contributed by atoms with van der Waals surface area (Å²) in [6.45, 7) is 4.65. The highest BCUT2D eigenvalue weighted by atomic mass is 16.3. The van der Waals surface area contributed by atoms with Gasteiger partial charge in [0, 0.05) is 17.5 Å². The van der Waals surface area contributed by atoms with Gasteiger partial charge in [-0.15, -0.1) is 0 Å². The zero-order valence-corrected chi connectivity index (χ0v) is 19.5. The lowest BCUT2D eigenvalue weighted by Crippen LogP contribution is -2.62. The van der Waals surface area contributed by atoms with Crippen molar-refractivity contribution >= 4 is 0 Å². The van der Waals surface area contributed by atoms with Crippen molar-refractivity contribution in [1.82, 2.24) is 5.32 Å².